The van der Waals surface area contributed by atoms with E-state index in [0.717, 1.165) is 50.3 Å². The second-order valence-electron chi connectivity index (χ2n) is 9.62. The van der Waals surface area contributed by atoms with Gasteiger partial charge in [-0.1, -0.05) is 45.4 Å². The smallest absolute Gasteiger partial charge is 0.272 e. The molecular formula is C22H36N4O2Si. The number of anilines is 1. The summed E-state index contributed by atoms with van der Waals surface area (Å²) in [7, 11) is -1.70. The van der Waals surface area contributed by atoms with Crippen molar-refractivity contribution in [2.75, 3.05) is 31.1 Å². The van der Waals surface area contributed by atoms with Crippen LogP contribution in [0.5, 0.6) is 0 Å². The van der Waals surface area contributed by atoms with E-state index >= 15 is 0 Å². The van der Waals surface area contributed by atoms with Gasteiger partial charge in [-0.05, 0) is 37.0 Å². The molecule has 1 aromatic heterocycles. The summed E-state index contributed by atoms with van der Waals surface area (Å²) in [4.78, 5) is 14.4. The molecule has 0 bridgehead atoms. The summed E-state index contributed by atoms with van der Waals surface area (Å²) in [5.41, 5.74) is -0.128. The van der Waals surface area contributed by atoms with Crippen molar-refractivity contribution in [1.82, 2.24) is 15.5 Å². The van der Waals surface area contributed by atoms with E-state index in [1.165, 1.54) is 6.42 Å². The SMILES string of the molecule is CC(C)(C)[Si](C)(C)OCCN[C@@H]1CCCCN(c2n[nH]c(=O)c3ccccc23)C1. The van der Waals surface area contributed by atoms with Crippen LogP contribution >= 0.6 is 0 Å². The van der Waals surface area contributed by atoms with Gasteiger partial charge in [0.2, 0.25) is 0 Å². The minimum Gasteiger partial charge on any atom is -0.416 e. The van der Waals surface area contributed by atoms with Crippen LogP contribution in [0.4, 0.5) is 5.82 Å². The Morgan fingerprint density at radius 2 is 1.97 bits per heavy atom. The number of benzene rings is 1. The lowest BCUT2D eigenvalue weighted by Gasteiger charge is -2.36. The Balaban J connectivity index is 1.64. The predicted molar refractivity (Wildman–Crippen MR) is 123 cm³/mol. The van der Waals surface area contributed by atoms with Crippen molar-refractivity contribution < 1.29 is 4.43 Å². The van der Waals surface area contributed by atoms with E-state index in [9.17, 15) is 4.79 Å². The Kier molecular flexibility index (Phi) is 6.81. The Morgan fingerprint density at radius 3 is 2.69 bits per heavy atom. The molecule has 0 amide bonds. The maximum absolute atomic E-state index is 12.1. The van der Waals surface area contributed by atoms with Gasteiger partial charge in [-0.15, -0.1) is 0 Å². The lowest BCUT2D eigenvalue weighted by Crippen LogP contribution is -2.45. The molecule has 0 aliphatic carbocycles. The number of hydrogen-bond donors (Lipinski definition) is 2. The topological polar surface area (TPSA) is 70.2 Å². The van der Waals surface area contributed by atoms with Gasteiger partial charge in [0.1, 0.15) is 0 Å². The third kappa shape index (κ3) is 5.27. The normalized spacial score (nSPS) is 18.8. The lowest BCUT2D eigenvalue weighted by atomic mass is 10.1. The summed E-state index contributed by atoms with van der Waals surface area (Å²) < 4.78 is 6.31. The molecule has 1 aliphatic heterocycles. The number of hydrogen-bond acceptors (Lipinski definition) is 5. The highest BCUT2D eigenvalue weighted by Crippen LogP contribution is 2.36. The average molecular weight is 417 g/mol. The van der Waals surface area contributed by atoms with Crippen molar-refractivity contribution in [3.63, 3.8) is 0 Å². The van der Waals surface area contributed by atoms with Gasteiger partial charge in [-0.25, -0.2) is 5.10 Å². The molecule has 1 atom stereocenters. The van der Waals surface area contributed by atoms with Crippen LogP contribution in [0.2, 0.25) is 18.1 Å². The van der Waals surface area contributed by atoms with Crippen molar-refractivity contribution >= 4 is 24.9 Å². The summed E-state index contributed by atoms with van der Waals surface area (Å²) in [6.45, 7) is 14.9. The monoisotopic (exact) mass is 416 g/mol. The summed E-state index contributed by atoms with van der Waals surface area (Å²) >= 11 is 0. The van der Waals surface area contributed by atoms with Crippen LogP contribution in [0, 0.1) is 0 Å². The molecule has 2 aromatic rings. The second-order valence-corrected chi connectivity index (χ2v) is 14.4. The molecule has 1 fully saturated rings. The van der Waals surface area contributed by atoms with E-state index in [1.54, 1.807) is 0 Å². The largest absolute Gasteiger partial charge is 0.416 e. The minimum absolute atomic E-state index is 0.128. The predicted octanol–water partition coefficient (Wildman–Crippen LogP) is 3.89. The fraction of sp³-hybridized carbons (Fsp3) is 0.636. The molecular weight excluding hydrogens is 380 g/mol. The van der Waals surface area contributed by atoms with Crippen LogP contribution in [0.25, 0.3) is 10.8 Å². The maximum Gasteiger partial charge on any atom is 0.272 e. The van der Waals surface area contributed by atoms with Crippen LogP contribution < -0.4 is 15.8 Å². The van der Waals surface area contributed by atoms with Crippen LogP contribution in [0.15, 0.2) is 29.1 Å². The van der Waals surface area contributed by atoms with Gasteiger partial charge in [0.25, 0.3) is 5.56 Å². The molecule has 2 heterocycles. The Hall–Kier alpha value is -1.70. The molecule has 29 heavy (non-hydrogen) atoms. The van der Waals surface area contributed by atoms with Crippen molar-refractivity contribution in [2.45, 2.75) is 64.2 Å². The number of rotatable bonds is 6. The highest BCUT2D eigenvalue weighted by Gasteiger charge is 2.36. The van der Waals surface area contributed by atoms with Gasteiger partial charge in [0, 0.05) is 37.7 Å². The van der Waals surface area contributed by atoms with Gasteiger partial charge in [-0.2, -0.15) is 5.10 Å². The zero-order valence-electron chi connectivity index (χ0n) is 18.5. The molecule has 0 spiro atoms. The molecule has 6 nitrogen and oxygen atoms in total. The van der Waals surface area contributed by atoms with E-state index in [2.05, 4.69) is 54.3 Å². The molecule has 1 aromatic carbocycles. The number of aromatic nitrogens is 2. The molecule has 3 rings (SSSR count). The van der Waals surface area contributed by atoms with Crippen LogP contribution in [-0.4, -0.2) is 50.8 Å². The molecule has 0 radical (unpaired) electrons. The molecule has 0 saturated carbocycles. The highest BCUT2D eigenvalue weighted by atomic mass is 28.4. The number of nitrogens with zero attached hydrogens (tertiary/aromatic N) is 2. The van der Waals surface area contributed by atoms with E-state index in [-0.39, 0.29) is 10.6 Å². The Bertz CT molecular complexity index is 875. The number of H-pyrrole nitrogens is 1. The first-order valence-corrected chi connectivity index (χ1v) is 13.7. The molecule has 0 unspecified atom stereocenters. The van der Waals surface area contributed by atoms with Gasteiger partial charge in [0.15, 0.2) is 14.1 Å². The van der Waals surface area contributed by atoms with Crippen molar-refractivity contribution in [1.29, 1.82) is 0 Å². The molecule has 1 aliphatic rings. The van der Waals surface area contributed by atoms with E-state index in [1.807, 2.05) is 24.3 Å². The summed E-state index contributed by atoms with van der Waals surface area (Å²) in [6.07, 6.45) is 3.48. The number of aromatic amines is 1. The summed E-state index contributed by atoms with van der Waals surface area (Å²) in [5.74, 6) is 0.881. The van der Waals surface area contributed by atoms with Crippen LogP contribution in [0.1, 0.15) is 40.0 Å². The first-order chi connectivity index (χ1) is 13.7. The third-order valence-corrected chi connectivity index (χ3v) is 11.0. The Morgan fingerprint density at radius 1 is 1.24 bits per heavy atom. The fourth-order valence-corrected chi connectivity index (χ4v) is 4.67. The van der Waals surface area contributed by atoms with Crippen LogP contribution in [-0.2, 0) is 4.43 Å². The summed E-state index contributed by atoms with van der Waals surface area (Å²) in [6, 6.07) is 8.13. The standard InChI is InChI=1S/C22H36N4O2Si/c1-22(2,3)29(4,5)28-15-13-23-17-10-8-9-14-26(16-17)20-18-11-6-7-12-19(18)21(27)25-24-20/h6-7,11-12,17,23H,8-10,13-16H2,1-5H3,(H,25,27)/t17-/m1/s1. The summed E-state index contributed by atoms with van der Waals surface area (Å²) in [5, 5.41) is 12.7. The lowest BCUT2D eigenvalue weighted by molar-refractivity contribution is 0.278. The highest BCUT2D eigenvalue weighted by molar-refractivity contribution is 6.74. The third-order valence-electron chi connectivity index (χ3n) is 6.45. The van der Waals surface area contributed by atoms with Crippen molar-refractivity contribution in [3.05, 3.63) is 34.6 Å². The van der Waals surface area contributed by atoms with Gasteiger partial charge in [0.05, 0.1) is 5.39 Å². The zero-order valence-corrected chi connectivity index (χ0v) is 19.5. The van der Waals surface area contributed by atoms with E-state index in [0.29, 0.717) is 11.4 Å². The molecule has 2 N–H and O–H groups in total. The quantitative estimate of drug-likeness (QED) is 0.552. The minimum atomic E-state index is -1.70. The fourth-order valence-electron chi connectivity index (χ4n) is 3.63. The first-order valence-electron chi connectivity index (χ1n) is 10.8. The maximum atomic E-state index is 12.1. The van der Waals surface area contributed by atoms with Gasteiger partial charge < -0.3 is 14.6 Å². The van der Waals surface area contributed by atoms with Gasteiger partial charge in [-0.3, -0.25) is 4.79 Å². The Labute approximate surface area is 175 Å². The number of fused-ring (bicyclic) bond motifs is 1. The second kappa shape index (κ2) is 8.98. The van der Waals surface area contributed by atoms with Crippen molar-refractivity contribution in [2.24, 2.45) is 0 Å². The molecule has 1 saturated heterocycles. The van der Waals surface area contributed by atoms with E-state index < -0.39 is 8.32 Å². The first kappa shape index (κ1) is 22.0. The van der Waals surface area contributed by atoms with Crippen LogP contribution in [0.3, 0.4) is 0 Å². The molecule has 7 heteroatoms. The van der Waals surface area contributed by atoms with Crippen molar-refractivity contribution in [3.8, 4) is 0 Å². The van der Waals surface area contributed by atoms with E-state index in [4.69, 9.17) is 4.43 Å². The van der Waals surface area contributed by atoms with Gasteiger partial charge >= 0.3 is 0 Å². The zero-order chi connectivity index (χ0) is 21.1. The molecule has 160 valence electrons. The average Bonchev–Trinajstić information content (AvgIpc) is 2.90. The number of nitrogens with one attached hydrogen (secondary N) is 2.